The molecule has 24 heavy (non-hydrogen) atoms. The lowest BCUT2D eigenvalue weighted by Gasteiger charge is -2.18. The van der Waals surface area contributed by atoms with Crippen molar-refractivity contribution >= 4 is 5.96 Å². The molecular formula is C20H31N3O. The molecule has 0 aliphatic heterocycles. The van der Waals surface area contributed by atoms with Crippen LogP contribution in [0.3, 0.4) is 0 Å². The van der Waals surface area contributed by atoms with Gasteiger partial charge in [0.05, 0.1) is 6.10 Å². The largest absolute Gasteiger partial charge is 0.374 e. The van der Waals surface area contributed by atoms with Gasteiger partial charge < -0.3 is 15.4 Å². The van der Waals surface area contributed by atoms with Crippen LogP contribution in [0.25, 0.3) is 0 Å². The van der Waals surface area contributed by atoms with Gasteiger partial charge in [-0.25, -0.2) is 0 Å². The molecule has 2 aliphatic rings. The van der Waals surface area contributed by atoms with Gasteiger partial charge in [0.1, 0.15) is 0 Å². The van der Waals surface area contributed by atoms with E-state index in [0.717, 1.165) is 38.0 Å². The van der Waals surface area contributed by atoms with Gasteiger partial charge in [-0.05, 0) is 55.9 Å². The first-order chi connectivity index (χ1) is 11.7. The number of hydrogen-bond acceptors (Lipinski definition) is 2. The van der Waals surface area contributed by atoms with Crippen molar-refractivity contribution < 1.29 is 4.74 Å². The van der Waals surface area contributed by atoms with E-state index in [1.54, 1.807) is 0 Å². The molecule has 0 aromatic heterocycles. The maximum Gasteiger partial charge on any atom is 0.190 e. The molecule has 1 aromatic rings. The maximum atomic E-state index is 5.91. The second-order valence-corrected chi connectivity index (χ2v) is 7.27. The van der Waals surface area contributed by atoms with E-state index in [2.05, 4.69) is 46.8 Å². The molecule has 1 unspecified atom stereocenters. The van der Waals surface area contributed by atoms with E-state index in [0.29, 0.717) is 5.41 Å². The Kier molecular flexibility index (Phi) is 5.77. The Morgan fingerprint density at radius 3 is 2.62 bits per heavy atom. The summed E-state index contributed by atoms with van der Waals surface area (Å²) in [6.07, 6.45) is 6.79. The van der Waals surface area contributed by atoms with Gasteiger partial charge in [0.25, 0.3) is 0 Å². The molecule has 0 heterocycles. The number of nitrogens with one attached hydrogen (secondary N) is 2. The van der Waals surface area contributed by atoms with E-state index in [9.17, 15) is 0 Å². The van der Waals surface area contributed by atoms with Crippen molar-refractivity contribution in [1.82, 2.24) is 10.6 Å². The van der Waals surface area contributed by atoms with Gasteiger partial charge in [0, 0.05) is 26.7 Å². The average molecular weight is 329 g/mol. The molecule has 0 radical (unpaired) electrons. The van der Waals surface area contributed by atoms with E-state index in [4.69, 9.17) is 4.74 Å². The first-order valence-corrected chi connectivity index (χ1v) is 9.34. The number of benzene rings is 1. The van der Waals surface area contributed by atoms with Gasteiger partial charge in [0.2, 0.25) is 0 Å². The molecule has 2 N–H and O–H groups in total. The van der Waals surface area contributed by atoms with Gasteiger partial charge in [-0.15, -0.1) is 0 Å². The molecular weight excluding hydrogens is 298 g/mol. The van der Waals surface area contributed by atoms with Crippen molar-refractivity contribution in [1.29, 1.82) is 0 Å². The van der Waals surface area contributed by atoms with E-state index < -0.39 is 0 Å². The van der Waals surface area contributed by atoms with Crippen molar-refractivity contribution in [3.63, 3.8) is 0 Å². The summed E-state index contributed by atoms with van der Waals surface area (Å²) in [7, 11) is 1.85. The molecule has 132 valence electrons. The maximum absolute atomic E-state index is 5.91. The second kappa shape index (κ2) is 8.02. The summed E-state index contributed by atoms with van der Waals surface area (Å²) >= 11 is 0. The Hall–Kier alpha value is -1.55. The van der Waals surface area contributed by atoms with Crippen LogP contribution in [0.15, 0.2) is 35.3 Å². The van der Waals surface area contributed by atoms with E-state index in [-0.39, 0.29) is 6.10 Å². The number of hydrogen-bond donors (Lipinski definition) is 2. The fourth-order valence-corrected chi connectivity index (χ4v) is 3.43. The predicted molar refractivity (Wildman–Crippen MR) is 99.2 cm³/mol. The predicted octanol–water partition coefficient (Wildman–Crippen LogP) is 3.51. The van der Waals surface area contributed by atoms with Gasteiger partial charge >= 0.3 is 0 Å². The Morgan fingerprint density at radius 2 is 2.00 bits per heavy atom. The summed E-state index contributed by atoms with van der Waals surface area (Å²) in [5, 5.41) is 6.92. The van der Waals surface area contributed by atoms with Gasteiger partial charge in [0.15, 0.2) is 5.96 Å². The number of rotatable bonds is 9. The van der Waals surface area contributed by atoms with Crippen molar-refractivity contribution in [3.8, 4) is 0 Å². The molecule has 4 heteroatoms. The quantitative estimate of drug-likeness (QED) is 0.414. The molecule has 0 saturated heterocycles. The summed E-state index contributed by atoms with van der Waals surface area (Å²) < 4.78 is 5.91. The fourth-order valence-electron chi connectivity index (χ4n) is 3.43. The first kappa shape index (κ1) is 17.3. The van der Waals surface area contributed by atoms with Crippen LogP contribution in [0.5, 0.6) is 0 Å². The number of ether oxygens (including phenoxy) is 1. The molecule has 0 amide bonds. The zero-order chi connectivity index (χ0) is 16.8. The molecule has 0 spiro atoms. The van der Waals surface area contributed by atoms with Gasteiger partial charge in [-0.3, -0.25) is 4.99 Å². The lowest BCUT2D eigenvalue weighted by molar-refractivity contribution is 0.0646. The highest BCUT2D eigenvalue weighted by Gasteiger charge is 2.53. The molecule has 3 rings (SSSR count). The monoisotopic (exact) mass is 329 g/mol. The van der Waals surface area contributed by atoms with Crippen LogP contribution < -0.4 is 10.6 Å². The minimum atomic E-state index is 0.150. The van der Waals surface area contributed by atoms with Crippen LogP contribution in [0.4, 0.5) is 0 Å². The molecule has 2 fully saturated rings. The third-order valence-electron chi connectivity index (χ3n) is 5.42. The molecule has 2 saturated carbocycles. The van der Waals surface area contributed by atoms with Crippen molar-refractivity contribution in [2.75, 3.05) is 26.7 Å². The summed E-state index contributed by atoms with van der Waals surface area (Å²) in [5.41, 5.74) is 1.84. The van der Waals surface area contributed by atoms with Crippen molar-refractivity contribution in [3.05, 3.63) is 35.9 Å². The Morgan fingerprint density at radius 1 is 1.25 bits per heavy atom. The second-order valence-electron chi connectivity index (χ2n) is 7.27. The third-order valence-corrected chi connectivity index (χ3v) is 5.42. The van der Waals surface area contributed by atoms with Crippen molar-refractivity contribution in [2.45, 2.75) is 45.1 Å². The summed E-state index contributed by atoms with van der Waals surface area (Å²) in [6, 6.07) is 10.4. The number of nitrogens with zero attached hydrogens (tertiary/aromatic N) is 1. The minimum absolute atomic E-state index is 0.150. The lowest BCUT2D eigenvalue weighted by Crippen LogP contribution is -2.41. The summed E-state index contributed by atoms with van der Waals surface area (Å²) in [5.74, 6) is 1.91. The zero-order valence-corrected chi connectivity index (χ0v) is 15.1. The zero-order valence-electron chi connectivity index (χ0n) is 15.1. The van der Waals surface area contributed by atoms with Crippen LogP contribution in [0.2, 0.25) is 0 Å². The lowest BCUT2D eigenvalue weighted by atomic mass is 10.0. The molecule has 4 nitrogen and oxygen atoms in total. The van der Waals surface area contributed by atoms with Crippen LogP contribution >= 0.6 is 0 Å². The summed E-state index contributed by atoms with van der Waals surface area (Å²) in [6.45, 7) is 4.83. The van der Waals surface area contributed by atoms with Gasteiger partial charge in [-0.1, -0.05) is 30.3 Å². The molecule has 1 aromatic carbocycles. The van der Waals surface area contributed by atoms with Crippen LogP contribution in [-0.4, -0.2) is 32.7 Å². The van der Waals surface area contributed by atoms with Crippen LogP contribution in [0, 0.1) is 11.3 Å². The van der Waals surface area contributed by atoms with Crippen LogP contribution in [-0.2, 0) is 4.74 Å². The fraction of sp³-hybridized carbons (Fsp3) is 0.650. The topological polar surface area (TPSA) is 45.7 Å². The molecule has 0 bridgehead atoms. The standard InChI is InChI=1S/C20H31N3O/c1-16(17-7-4-3-5-8-17)24-14-6-13-22-19(21-2)23-15-20(11-12-20)18-9-10-18/h3-5,7-8,16,18H,6,9-15H2,1-2H3,(H2,21,22,23). The average Bonchev–Trinajstić information content (AvgIpc) is 3.50. The molecule has 2 aliphatic carbocycles. The Balaban J connectivity index is 1.28. The summed E-state index contributed by atoms with van der Waals surface area (Å²) in [4.78, 5) is 4.33. The van der Waals surface area contributed by atoms with E-state index in [1.807, 2.05) is 13.1 Å². The third kappa shape index (κ3) is 4.73. The Bertz CT molecular complexity index is 535. The highest BCUT2D eigenvalue weighted by molar-refractivity contribution is 5.79. The van der Waals surface area contributed by atoms with Gasteiger partial charge in [-0.2, -0.15) is 0 Å². The first-order valence-electron chi connectivity index (χ1n) is 9.34. The number of aliphatic imine (C=N–C) groups is 1. The molecule has 1 atom stereocenters. The van der Waals surface area contributed by atoms with E-state index in [1.165, 1.54) is 31.2 Å². The van der Waals surface area contributed by atoms with E-state index >= 15 is 0 Å². The van der Waals surface area contributed by atoms with Crippen molar-refractivity contribution in [2.24, 2.45) is 16.3 Å². The minimum Gasteiger partial charge on any atom is -0.374 e. The smallest absolute Gasteiger partial charge is 0.190 e. The highest BCUT2D eigenvalue weighted by atomic mass is 16.5. The normalized spacial score (nSPS) is 20.5. The SMILES string of the molecule is CN=C(NCCCOC(C)c1ccccc1)NCC1(C2CC2)CC1. The Labute approximate surface area is 146 Å². The van der Waals surface area contributed by atoms with Crippen LogP contribution in [0.1, 0.15) is 50.7 Å². The number of guanidine groups is 1. The highest BCUT2D eigenvalue weighted by Crippen LogP contribution is 2.60.